The summed E-state index contributed by atoms with van der Waals surface area (Å²) in [5.74, 6) is 0.352. The lowest BCUT2D eigenvalue weighted by Gasteiger charge is -2.06. The number of aliphatic hydroxyl groups excluding tert-OH is 1. The van der Waals surface area contributed by atoms with Gasteiger partial charge in [-0.3, -0.25) is 0 Å². The van der Waals surface area contributed by atoms with E-state index in [2.05, 4.69) is 4.98 Å². The van der Waals surface area contributed by atoms with Crippen LogP contribution in [0.2, 0.25) is 0 Å². The summed E-state index contributed by atoms with van der Waals surface area (Å²) in [7, 11) is 0. The number of hydrogen-bond acceptors (Lipinski definition) is 4. The molecule has 18 heavy (non-hydrogen) atoms. The minimum Gasteiger partial charge on any atom is -0.436 e. The van der Waals surface area contributed by atoms with Crippen LogP contribution < -0.4 is 0 Å². The maximum absolute atomic E-state index is 13.8. The summed E-state index contributed by atoms with van der Waals surface area (Å²) < 4.78 is 19.2. The second-order valence-corrected chi connectivity index (χ2v) is 5.08. The molecule has 96 valence electrons. The highest BCUT2D eigenvalue weighted by atomic mass is 32.2. The number of aryl methyl sites for hydroxylation is 2. The first-order valence-corrected chi connectivity index (χ1v) is 6.38. The minimum absolute atomic E-state index is 0.382. The predicted molar refractivity (Wildman–Crippen MR) is 67.1 cm³/mol. The van der Waals surface area contributed by atoms with E-state index < -0.39 is 6.10 Å². The molecular weight excluding hydrogens is 253 g/mol. The number of hydrogen-bond donors (Lipinski definition) is 1. The summed E-state index contributed by atoms with van der Waals surface area (Å²) in [5, 5.41) is 9.79. The molecule has 1 aromatic heterocycles. The van der Waals surface area contributed by atoms with Gasteiger partial charge in [0, 0.05) is 0 Å². The van der Waals surface area contributed by atoms with Crippen LogP contribution >= 0.6 is 11.8 Å². The average Bonchev–Trinajstić information content (AvgIpc) is 2.61. The summed E-state index contributed by atoms with van der Waals surface area (Å²) in [5.41, 5.74) is 1.36. The standard InChI is InChI=1S/C13H14FNO2S/c1-7-9(3)17-13(15-7)18-12-5-4-10(8(2)16)6-11(12)14/h4-6,8,16H,1-3H3. The van der Waals surface area contributed by atoms with Gasteiger partial charge in [-0.25, -0.2) is 9.37 Å². The molecule has 3 nitrogen and oxygen atoms in total. The van der Waals surface area contributed by atoms with Gasteiger partial charge in [-0.15, -0.1) is 0 Å². The summed E-state index contributed by atoms with van der Waals surface area (Å²) in [6, 6.07) is 4.64. The lowest BCUT2D eigenvalue weighted by atomic mass is 10.1. The van der Waals surface area contributed by atoms with Crippen molar-refractivity contribution in [2.75, 3.05) is 0 Å². The summed E-state index contributed by atoms with van der Waals surface area (Å²) in [6.45, 7) is 5.26. The minimum atomic E-state index is -0.676. The largest absolute Gasteiger partial charge is 0.436 e. The quantitative estimate of drug-likeness (QED) is 0.922. The van der Waals surface area contributed by atoms with Crippen molar-refractivity contribution in [3.8, 4) is 0 Å². The van der Waals surface area contributed by atoms with Gasteiger partial charge in [0.2, 0.25) is 0 Å². The van der Waals surface area contributed by atoms with Crippen LogP contribution in [0.25, 0.3) is 0 Å². The van der Waals surface area contributed by atoms with Crippen molar-refractivity contribution in [2.45, 2.75) is 37.0 Å². The molecule has 2 rings (SSSR count). The zero-order valence-corrected chi connectivity index (χ0v) is 11.2. The molecule has 5 heteroatoms. The van der Waals surface area contributed by atoms with Crippen molar-refractivity contribution in [1.82, 2.24) is 4.98 Å². The van der Waals surface area contributed by atoms with E-state index in [0.717, 1.165) is 23.2 Å². The molecule has 1 unspecified atom stereocenters. The van der Waals surface area contributed by atoms with Crippen LogP contribution in [0.4, 0.5) is 4.39 Å². The molecule has 1 heterocycles. The van der Waals surface area contributed by atoms with Crippen molar-refractivity contribution < 1.29 is 13.9 Å². The zero-order valence-electron chi connectivity index (χ0n) is 10.4. The van der Waals surface area contributed by atoms with E-state index in [-0.39, 0.29) is 5.82 Å². The zero-order chi connectivity index (χ0) is 13.3. The smallest absolute Gasteiger partial charge is 0.261 e. The van der Waals surface area contributed by atoms with Crippen LogP contribution in [0.15, 0.2) is 32.7 Å². The maximum atomic E-state index is 13.8. The van der Waals surface area contributed by atoms with Gasteiger partial charge in [-0.05, 0) is 50.2 Å². The molecule has 0 radical (unpaired) electrons. The average molecular weight is 267 g/mol. The predicted octanol–water partition coefficient (Wildman–Crippen LogP) is 3.64. The van der Waals surface area contributed by atoms with Crippen molar-refractivity contribution >= 4 is 11.8 Å². The molecule has 1 N–H and O–H groups in total. The number of oxazole rings is 1. The molecule has 0 aliphatic heterocycles. The highest BCUT2D eigenvalue weighted by Gasteiger charge is 2.12. The van der Waals surface area contributed by atoms with E-state index in [0.29, 0.717) is 15.7 Å². The highest BCUT2D eigenvalue weighted by Crippen LogP contribution is 2.31. The topological polar surface area (TPSA) is 46.3 Å². The molecule has 0 saturated heterocycles. The van der Waals surface area contributed by atoms with Crippen LogP contribution in [0.3, 0.4) is 0 Å². The van der Waals surface area contributed by atoms with E-state index in [4.69, 9.17) is 4.42 Å². The molecule has 0 amide bonds. The van der Waals surface area contributed by atoms with E-state index in [1.54, 1.807) is 19.1 Å². The van der Waals surface area contributed by atoms with Gasteiger partial charge in [0.1, 0.15) is 11.6 Å². The monoisotopic (exact) mass is 267 g/mol. The van der Waals surface area contributed by atoms with E-state index in [1.807, 2.05) is 13.8 Å². The molecule has 1 atom stereocenters. The Balaban J connectivity index is 2.24. The molecule has 0 aliphatic carbocycles. The van der Waals surface area contributed by atoms with Gasteiger partial charge in [0.25, 0.3) is 5.22 Å². The molecular formula is C13H14FNO2S. The van der Waals surface area contributed by atoms with Crippen molar-refractivity contribution in [3.05, 3.63) is 41.0 Å². The van der Waals surface area contributed by atoms with Crippen LogP contribution in [0, 0.1) is 19.7 Å². The van der Waals surface area contributed by atoms with Gasteiger partial charge in [-0.2, -0.15) is 0 Å². The first-order valence-electron chi connectivity index (χ1n) is 5.56. The van der Waals surface area contributed by atoms with E-state index in [1.165, 1.54) is 6.07 Å². The molecule has 0 spiro atoms. The van der Waals surface area contributed by atoms with Crippen molar-refractivity contribution in [2.24, 2.45) is 0 Å². The van der Waals surface area contributed by atoms with Gasteiger partial charge in [0.15, 0.2) is 0 Å². The molecule has 0 bridgehead atoms. The number of benzene rings is 1. The number of rotatable bonds is 3. The third-order valence-corrected chi connectivity index (χ3v) is 3.54. The first-order chi connectivity index (χ1) is 8.47. The maximum Gasteiger partial charge on any atom is 0.261 e. The number of aliphatic hydroxyl groups is 1. The Morgan fingerprint density at radius 2 is 2.11 bits per heavy atom. The fourth-order valence-electron chi connectivity index (χ4n) is 1.44. The van der Waals surface area contributed by atoms with Crippen molar-refractivity contribution in [1.29, 1.82) is 0 Å². The SMILES string of the molecule is Cc1nc(Sc2ccc(C(C)O)cc2F)oc1C. The summed E-state index contributed by atoms with van der Waals surface area (Å²) in [6.07, 6.45) is -0.676. The van der Waals surface area contributed by atoms with Crippen LogP contribution in [0.5, 0.6) is 0 Å². The first kappa shape index (κ1) is 13.1. The van der Waals surface area contributed by atoms with Crippen LogP contribution in [-0.2, 0) is 0 Å². The van der Waals surface area contributed by atoms with Crippen LogP contribution in [-0.4, -0.2) is 10.1 Å². The highest BCUT2D eigenvalue weighted by molar-refractivity contribution is 7.99. The Hall–Kier alpha value is -1.33. The Labute approximate surface area is 109 Å². The number of halogens is 1. The Morgan fingerprint density at radius 3 is 2.61 bits per heavy atom. The Kier molecular flexibility index (Phi) is 3.73. The van der Waals surface area contributed by atoms with E-state index in [9.17, 15) is 9.50 Å². The fourth-order valence-corrected chi connectivity index (χ4v) is 2.27. The third kappa shape index (κ3) is 2.73. The molecule has 0 saturated carbocycles. The lowest BCUT2D eigenvalue weighted by Crippen LogP contribution is -1.92. The lowest BCUT2D eigenvalue weighted by molar-refractivity contribution is 0.198. The summed E-state index contributed by atoms with van der Waals surface area (Å²) in [4.78, 5) is 4.62. The fraction of sp³-hybridized carbons (Fsp3) is 0.308. The molecule has 0 fully saturated rings. The second kappa shape index (κ2) is 5.12. The van der Waals surface area contributed by atoms with Gasteiger partial charge >= 0.3 is 0 Å². The summed E-state index contributed by atoms with van der Waals surface area (Å²) >= 11 is 1.14. The van der Waals surface area contributed by atoms with Crippen LogP contribution in [0.1, 0.15) is 30.0 Å². The molecule has 0 aliphatic rings. The Morgan fingerprint density at radius 1 is 1.39 bits per heavy atom. The van der Waals surface area contributed by atoms with E-state index >= 15 is 0 Å². The Bertz CT molecular complexity index is 547. The molecule has 1 aromatic carbocycles. The third-order valence-electron chi connectivity index (χ3n) is 2.64. The van der Waals surface area contributed by atoms with Gasteiger partial charge < -0.3 is 9.52 Å². The number of aromatic nitrogens is 1. The van der Waals surface area contributed by atoms with Gasteiger partial charge in [-0.1, -0.05) is 6.07 Å². The van der Waals surface area contributed by atoms with Gasteiger partial charge in [0.05, 0.1) is 16.7 Å². The van der Waals surface area contributed by atoms with Crippen molar-refractivity contribution in [3.63, 3.8) is 0 Å². The second-order valence-electron chi connectivity index (χ2n) is 4.09. The normalized spacial score (nSPS) is 12.7. The molecule has 2 aromatic rings. The number of nitrogens with zero attached hydrogens (tertiary/aromatic N) is 1.